The summed E-state index contributed by atoms with van der Waals surface area (Å²) in [5.74, 6) is 0. The van der Waals surface area contributed by atoms with Crippen LogP contribution in [0.25, 0.3) is 0 Å². The molecule has 1 heterocycles. The van der Waals surface area contributed by atoms with Crippen LogP contribution in [0.4, 0.5) is 0 Å². The predicted molar refractivity (Wildman–Crippen MR) is 111 cm³/mol. The highest BCUT2D eigenvalue weighted by Crippen LogP contribution is 2.31. The third-order valence-corrected chi connectivity index (χ3v) is 5.10. The lowest BCUT2D eigenvalue weighted by Gasteiger charge is -2.25. The van der Waals surface area contributed by atoms with Crippen LogP contribution in [-0.4, -0.2) is 47.3 Å². The van der Waals surface area contributed by atoms with Crippen LogP contribution in [0.1, 0.15) is 24.0 Å². The lowest BCUT2D eigenvalue weighted by atomic mass is 10.0. The van der Waals surface area contributed by atoms with Crippen LogP contribution in [-0.2, 0) is 27.4 Å². The Morgan fingerprint density at radius 2 is 1.41 bits per heavy atom. The van der Waals surface area contributed by atoms with E-state index in [1.807, 2.05) is 60.7 Å². The summed E-state index contributed by atoms with van der Waals surface area (Å²) in [5.41, 5.74) is 2.09. The number of hydrogen-bond acceptors (Lipinski definition) is 5. The van der Waals surface area contributed by atoms with Crippen molar-refractivity contribution in [1.29, 1.82) is 0 Å². The van der Waals surface area contributed by atoms with Gasteiger partial charge in [-0.05, 0) is 17.5 Å². The topological polar surface area (TPSA) is 68.2 Å². The van der Waals surface area contributed by atoms with Gasteiger partial charge in [0, 0.05) is 6.42 Å². The largest absolute Gasteiger partial charge is 0.394 e. The van der Waals surface area contributed by atoms with E-state index in [4.69, 9.17) is 14.2 Å². The minimum absolute atomic E-state index is 0.168. The molecule has 0 bridgehead atoms. The van der Waals surface area contributed by atoms with Crippen LogP contribution in [0.3, 0.4) is 0 Å². The van der Waals surface area contributed by atoms with Crippen molar-refractivity contribution in [2.45, 2.75) is 56.6 Å². The number of rotatable bonds is 11. The lowest BCUT2D eigenvalue weighted by Crippen LogP contribution is -2.39. The molecule has 0 aromatic heterocycles. The van der Waals surface area contributed by atoms with Crippen molar-refractivity contribution in [1.82, 2.24) is 0 Å². The molecular weight excluding hydrogens is 368 g/mol. The van der Waals surface area contributed by atoms with Crippen LogP contribution in [0.5, 0.6) is 0 Å². The monoisotopic (exact) mass is 398 g/mol. The SMILES string of the molecule is C=CCC(O)C[C@H]1O[C@H](CO)[C@@H](OCc2ccccc2)[C@H]1OCc1ccccc1. The molecule has 29 heavy (non-hydrogen) atoms. The Labute approximate surface area is 172 Å². The van der Waals surface area contributed by atoms with Gasteiger partial charge in [-0.15, -0.1) is 6.58 Å². The lowest BCUT2D eigenvalue weighted by molar-refractivity contribution is -0.0850. The standard InChI is InChI=1S/C24H30O5/c1-2-9-20(26)14-21-23(27-16-18-10-5-3-6-11-18)24(22(15-25)29-21)28-17-19-12-7-4-8-13-19/h2-8,10-13,20-26H,1,9,14-17H2/t20?,21-,22-,23+,24-/m1/s1. The molecule has 1 aliphatic rings. The Balaban J connectivity index is 1.71. The minimum atomic E-state index is -0.576. The molecular formula is C24H30O5. The van der Waals surface area contributed by atoms with Gasteiger partial charge in [0.15, 0.2) is 0 Å². The fraction of sp³-hybridized carbons (Fsp3) is 0.417. The van der Waals surface area contributed by atoms with Gasteiger partial charge in [-0.25, -0.2) is 0 Å². The number of ether oxygens (including phenoxy) is 3. The van der Waals surface area contributed by atoms with Crippen LogP contribution < -0.4 is 0 Å². The zero-order valence-electron chi connectivity index (χ0n) is 16.6. The Morgan fingerprint density at radius 1 is 0.897 bits per heavy atom. The van der Waals surface area contributed by atoms with E-state index in [2.05, 4.69) is 6.58 Å². The van der Waals surface area contributed by atoms with E-state index < -0.39 is 24.4 Å². The average molecular weight is 398 g/mol. The van der Waals surface area contributed by atoms with Crippen molar-refractivity contribution in [2.24, 2.45) is 0 Å². The van der Waals surface area contributed by atoms with Crippen molar-refractivity contribution in [3.8, 4) is 0 Å². The zero-order valence-corrected chi connectivity index (χ0v) is 16.6. The Morgan fingerprint density at radius 3 is 1.90 bits per heavy atom. The van der Waals surface area contributed by atoms with E-state index in [0.29, 0.717) is 26.1 Å². The molecule has 1 fully saturated rings. The summed E-state index contributed by atoms with van der Waals surface area (Å²) in [4.78, 5) is 0. The summed E-state index contributed by atoms with van der Waals surface area (Å²) in [6.45, 7) is 4.32. The van der Waals surface area contributed by atoms with Gasteiger partial charge in [0.25, 0.3) is 0 Å². The molecule has 5 atom stereocenters. The van der Waals surface area contributed by atoms with Gasteiger partial charge >= 0.3 is 0 Å². The van der Waals surface area contributed by atoms with Crippen molar-refractivity contribution in [2.75, 3.05) is 6.61 Å². The molecule has 0 aliphatic carbocycles. The van der Waals surface area contributed by atoms with Crippen LogP contribution in [0.15, 0.2) is 73.3 Å². The van der Waals surface area contributed by atoms with Crippen molar-refractivity contribution in [3.05, 3.63) is 84.4 Å². The summed E-state index contributed by atoms with van der Waals surface area (Å²) in [5, 5.41) is 20.1. The molecule has 2 aromatic carbocycles. The van der Waals surface area contributed by atoms with Gasteiger partial charge in [0.1, 0.15) is 18.3 Å². The molecule has 1 saturated heterocycles. The van der Waals surface area contributed by atoms with E-state index >= 15 is 0 Å². The molecule has 2 N–H and O–H groups in total. The van der Waals surface area contributed by atoms with Crippen LogP contribution in [0, 0.1) is 0 Å². The van der Waals surface area contributed by atoms with Crippen molar-refractivity contribution in [3.63, 3.8) is 0 Å². The highest BCUT2D eigenvalue weighted by Gasteiger charge is 2.46. The second kappa shape index (κ2) is 11.2. The summed E-state index contributed by atoms with van der Waals surface area (Å²) in [7, 11) is 0. The van der Waals surface area contributed by atoms with Crippen molar-refractivity contribution < 1.29 is 24.4 Å². The molecule has 2 aromatic rings. The van der Waals surface area contributed by atoms with E-state index in [1.165, 1.54) is 0 Å². The first kappa shape index (κ1) is 21.7. The third-order valence-electron chi connectivity index (χ3n) is 5.10. The van der Waals surface area contributed by atoms with Gasteiger partial charge in [-0.1, -0.05) is 66.7 Å². The smallest absolute Gasteiger partial charge is 0.115 e. The first-order valence-corrected chi connectivity index (χ1v) is 10.1. The highest BCUT2D eigenvalue weighted by atomic mass is 16.6. The number of aliphatic hydroxyl groups is 2. The van der Waals surface area contributed by atoms with E-state index in [1.54, 1.807) is 6.08 Å². The second-order valence-corrected chi connectivity index (χ2v) is 7.33. The summed E-state index contributed by atoms with van der Waals surface area (Å²) in [6, 6.07) is 19.8. The van der Waals surface area contributed by atoms with Gasteiger partial charge < -0.3 is 24.4 Å². The van der Waals surface area contributed by atoms with Crippen molar-refractivity contribution >= 4 is 0 Å². The molecule has 0 radical (unpaired) electrons. The summed E-state index contributed by atoms with van der Waals surface area (Å²) in [6.07, 6.45) is 0.296. The van der Waals surface area contributed by atoms with E-state index in [9.17, 15) is 10.2 Å². The molecule has 0 amide bonds. The minimum Gasteiger partial charge on any atom is -0.394 e. The fourth-order valence-corrected chi connectivity index (χ4v) is 3.63. The zero-order chi connectivity index (χ0) is 20.5. The van der Waals surface area contributed by atoms with Crippen LogP contribution >= 0.6 is 0 Å². The van der Waals surface area contributed by atoms with Gasteiger partial charge in [-0.2, -0.15) is 0 Å². The number of hydrogen-bond donors (Lipinski definition) is 2. The molecule has 3 rings (SSSR count). The van der Waals surface area contributed by atoms with Gasteiger partial charge in [-0.3, -0.25) is 0 Å². The van der Waals surface area contributed by atoms with Gasteiger partial charge in [0.2, 0.25) is 0 Å². The Bertz CT molecular complexity index is 721. The Hall–Kier alpha value is -2.02. The van der Waals surface area contributed by atoms with E-state index in [-0.39, 0.29) is 12.7 Å². The van der Waals surface area contributed by atoms with Crippen LogP contribution in [0.2, 0.25) is 0 Å². The first-order chi connectivity index (χ1) is 14.2. The molecule has 5 nitrogen and oxygen atoms in total. The Kier molecular flexibility index (Phi) is 8.40. The first-order valence-electron chi connectivity index (χ1n) is 10.1. The maximum Gasteiger partial charge on any atom is 0.115 e. The molecule has 1 aliphatic heterocycles. The molecule has 0 spiro atoms. The normalized spacial score (nSPS) is 25.0. The third kappa shape index (κ3) is 6.23. The predicted octanol–water partition coefficient (Wildman–Crippen LogP) is 3.24. The maximum absolute atomic E-state index is 10.3. The molecule has 5 heteroatoms. The second-order valence-electron chi connectivity index (χ2n) is 7.33. The number of aliphatic hydroxyl groups excluding tert-OH is 2. The summed E-state index contributed by atoms with van der Waals surface area (Å²) < 4.78 is 18.4. The van der Waals surface area contributed by atoms with Gasteiger partial charge in [0.05, 0.1) is 32.0 Å². The van der Waals surface area contributed by atoms with E-state index in [0.717, 1.165) is 11.1 Å². The molecule has 0 saturated carbocycles. The summed E-state index contributed by atoms with van der Waals surface area (Å²) >= 11 is 0. The number of benzene rings is 2. The molecule has 156 valence electrons. The fourth-order valence-electron chi connectivity index (χ4n) is 3.63. The molecule has 1 unspecified atom stereocenters. The highest BCUT2D eigenvalue weighted by molar-refractivity contribution is 5.14. The average Bonchev–Trinajstić information content (AvgIpc) is 3.08. The quantitative estimate of drug-likeness (QED) is 0.569. The maximum atomic E-state index is 10.3.